The molecular weight excluding hydrogens is 200 g/mol. The van der Waals surface area contributed by atoms with Crippen LogP contribution in [0.2, 0.25) is 0 Å². The van der Waals surface area contributed by atoms with Gasteiger partial charge in [-0.15, -0.1) is 0 Å². The number of hydrogen-bond acceptors (Lipinski definition) is 3. The van der Waals surface area contributed by atoms with Gasteiger partial charge < -0.3 is 11.1 Å². The lowest BCUT2D eigenvalue weighted by Crippen LogP contribution is -2.46. The molecule has 1 atom stereocenters. The topological polar surface area (TPSA) is 55.1 Å². The van der Waals surface area contributed by atoms with Gasteiger partial charge in [0.2, 0.25) is 0 Å². The molecule has 0 bridgehead atoms. The number of Topliss-reactive ketones (excluding diaryl/α,β-unsaturated/α-hetero) is 1. The fraction of sp³-hybridized carbons (Fsp3) is 0.462. The molecule has 88 valence electrons. The van der Waals surface area contributed by atoms with Crippen molar-refractivity contribution in [2.24, 2.45) is 0 Å². The zero-order valence-electron chi connectivity index (χ0n) is 10.4. The zero-order valence-corrected chi connectivity index (χ0v) is 10.4. The molecule has 1 aromatic carbocycles. The minimum absolute atomic E-state index is 0.0666. The molecule has 3 heteroatoms. The molecule has 0 fully saturated rings. The number of ketones is 1. The van der Waals surface area contributed by atoms with Crippen LogP contribution >= 0.6 is 0 Å². The monoisotopic (exact) mass is 220 g/mol. The number of nitrogens with one attached hydrogen (secondary N) is 1. The van der Waals surface area contributed by atoms with Gasteiger partial charge in [-0.3, -0.25) is 4.79 Å². The molecule has 1 rings (SSSR count). The lowest BCUT2D eigenvalue weighted by atomic mass is 10.0. The predicted molar refractivity (Wildman–Crippen MR) is 67.5 cm³/mol. The number of nitrogens with two attached hydrogens (primary N) is 1. The third-order valence-electron chi connectivity index (χ3n) is 2.24. The van der Waals surface area contributed by atoms with Crippen LogP contribution in [-0.4, -0.2) is 17.4 Å². The molecule has 0 aromatic heterocycles. The van der Waals surface area contributed by atoms with E-state index < -0.39 is 0 Å². The van der Waals surface area contributed by atoms with E-state index in [9.17, 15) is 4.79 Å². The normalized spacial score (nSPS) is 13.5. The van der Waals surface area contributed by atoms with Crippen LogP contribution in [0.4, 0.5) is 5.69 Å². The minimum Gasteiger partial charge on any atom is -0.399 e. The van der Waals surface area contributed by atoms with E-state index in [1.807, 2.05) is 27.7 Å². The maximum absolute atomic E-state index is 12.0. The Bertz CT molecular complexity index is 363. The fourth-order valence-electron chi connectivity index (χ4n) is 1.61. The molecule has 1 unspecified atom stereocenters. The van der Waals surface area contributed by atoms with E-state index in [1.54, 1.807) is 24.3 Å². The number of anilines is 1. The first-order valence-corrected chi connectivity index (χ1v) is 5.47. The van der Waals surface area contributed by atoms with Crippen LogP contribution in [-0.2, 0) is 0 Å². The van der Waals surface area contributed by atoms with Crippen molar-refractivity contribution in [2.45, 2.75) is 39.3 Å². The first-order valence-electron chi connectivity index (χ1n) is 5.47. The lowest BCUT2D eigenvalue weighted by Gasteiger charge is -2.25. The quantitative estimate of drug-likeness (QED) is 0.606. The number of benzene rings is 1. The molecule has 0 aliphatic heterocycles. The molecular formula is C13H20N2O. The Morgan fingerprint density at radius 3 is 2.19 bits per heavy atom. The second-order valence-corrected chi connectivity index (χ2v) is 5.10. The van der Waals surface area contributed by atoms with Gasteiger partial charge in [0.25, 0.3) is 0 Å². The van der Waals surface area contributed by atoms with E-state index in [0.29, 0.717) is 11.3 Å². The van der Waals surface area contributed by atoms with Crippen molar-refractivity contribution in [1.82, 2.24) is 5.32 Å². The highest BCUT2D eigenvalue weighted by Gasteiger charge is 2.20. The SMILES string of the molecule is CC(NC(C)(C)C)C(=O)c1ccc(N)cc1. The van der Waals surface area contributed by atoms with Gasteiger partial charge in [-0.25, -0.2) is 0 Å². The Hall–Kier alpha value is -1.35. The van der Waals surface area contributed by atoms with Crippen molar-refractivity contribution in [3.63, 3.8) is 0 Å². The Morgan fingerprint density at radius 2 is 1.75 bits per heavy atom. The van der Waals surface area contributed by atoms with Crippen LogP contribution in [0, 0.1) is 0 Å². The Morgan fingerprint density at radius 1 is 1.25 bits per heavy atom. The van der Waals surface area contributed by atoms with E-state index in [0.717, 1.165) is 0 Å². The summed E-state index contributed by atoms with van der Waals surface area (Å²) in [5.41, 5.74) is 6.88. The maximum Gasteiger partial charge on any atom is 0.179 e. The van der Waals surface area contributed by atoms with E-state index in [2.05, 4.69) is 5.32 Å². The molecule has 0 saturated carbocycles. The van der Waals surface area contributed by atoms with Crippen LogP contribution in [0.5, 0.6) is 0 Å². The van der Waals surface area contributed by atoms with Gasteiger partial charge in [0.15, 0.2) is 5.78 Å². The average Bonchev–Trinajstić information content (AvgIpc) is 2.15. The van der Waals surface area contributed by atoms with Crippen LogP contribution in [0.25, 0.3) is 0 Å². The number of carbonyl (C=O) groups is 1. The lowest BCUT2D eigenvalue weighted by molar-refractivity contribution is 0.0936. The van der Waals surface area contributed by atoms with Crippen molar-refractivity contribution >= 4 is 11.5 Å². The standard InChI is InChI=1S/C13H20N2O/c1-9(15-13(2,3)4)12(16)10-5-7-11(14)8-6-10/h5-9,15H,14H2,1-4H3. The number of hydrogen-bond donors (Lipinski definition) is 2. The maximum atomic E-state index is 12.0. The van der Waals surface area contributed by atoms with Gasteiger partial charge in [0.05, 0.1) is 6.04 Å². The van der Waals surface area contributed by atoms with Crippen LogP contribution in [0.3, 0.4) is 0 Å². The van der Waals surface area contributed by atoms with Crippen molar-refractivity contribution in [3.8, 4) is 0 Å². The molecule has 3 nitrogen and oxygen atoms in total. The summed E-state index contributed by atoms with van der Waals surface area (Å²) in [6, 6.07) is 6.83. The Labute approximate surface area is 97.0 Å². The van der Waals surface area contributed by atoms with Gasteiger partial charge in [0.1, 0.15) is 0 Å². The summed E-state index contributed by atoms with van der Waals surface area (Å²) in [5.74, 6) is 0.0925. The second-order valence-electron chi connectivity index (χ2n) is 5.10. The Balaban J connectivity index is 2.74. The van der Waals surface area contributed by atoms with Crippen molar-refractivity contribution in [2.75, 3.05) is 5.73 Å². The van der Waals surface area contributed by atoms with E-state index in [4.69, 9.17) is 5.73 Å². The van der Waals surface area contributed by atoms with Gasteiger partial charge in [-0.2, -0.15) is 0 Å². The van der Waals surface area contributed by atoms with Gasteiger partial charge in [-0.1, -0.05) is 0 Å². The Kier molecular flexibility index (Phi) is 3.70. The summed E-state index contributed by atoms with van der Waals surface area (Å²) in [4.78, 5) is 12.0. The van der Waals surface area contributed by atoms with Crippen molar-refractivity contribution in [1.29, 1.82) is 0 Å². The highest BCUT2D eigenvalue weighted by Crippen LogP contribution is 2.10. The molecule has 0 radical (unpaired) electrons. The van der Waals surface area contributed by atoms with Gasteiger partial charge in [0, 0.05) is 16.8 Å². The van der Waals surface area contributed by atoms with Crippen LogP contribution in [0.15, 0.2) is 24.3 Å². The summed E-state index contributed by atoms with van der Waals surface area (Å²) in [5, 5.41) is 3.25. The molecule has 0 aliphatic rings. The molecule has 0 heterocycles. The summed E-state index contributed by atoms with van der Waals surface area (Å²) >= 11 is 0. The van der Waals surface area contributed by atoms with Gasteiger partial charge >= 0.3 is 0 Å². The highest BCUT2D eigenvalue weighted by atomic mass is 16.1. The fourth-order valence-corrected chi connectivity index (χ4v) is 1.61. The van der Waals surface area contributed by atoms with Crippen molar-refractivity contribution < 1.29 is 4.79 Å². The highest BCUT2D eigenvalue weighted by molar-refractivity contribution is 6.00. The summed E-state index contributed by atoms with van der Waals surface area (Å²) < 4.78 is 0. The summed E-state index contributed by atoms with van der Waals surface area (Å²) in [6.45, 7) is 8.00. The number of carbonyl (C=O) groups excluding carboxylic acids is 1. The average molecular weight is 220 g/mol. The first kappa shape index (κ1) is 12.7. The largest absolute Gasteiger partial charge is 0.399 e. The molecule has 0 saturated heterocycles. The molecule has 0 amide bonds. The molecule has 3 N–H and O–H groups in total. The summed E-state index contributed by atoms with van der Waals surface area (Å²) in [6.07, 6.45) is 0. The first-order chi connectivity index (χ1) is 7.29. The summed E-state index contributed by atoms with van der Waals surface area (Å²) in [7, 11) is 0. The van der Waals surface area contributed by atoms with E-state index >= 15 is 0 Å². The van der Waals surface area contributed by atoms with E-state index in [-0.39, 0.29) is 17.4 Å². The second kappa shape index (κ2) is 4.66. The number of rotatable bonds is 3. The predicted octanol–water partition coefficient (Wildman–Crippen LogP) is 2.23. The van der Waals surface area contributed by atoms with Crippen molar-refractivity contribution in [3.05, 3.63) is 29.8 Å². The van der Waals surface area contributed by atoms with Gasteiger partial charge in [-0.05, 0) is 52.0 Å². The third kappa shape index (κ3) is 3.66. The van der Waals surface area contributed by atoms with Crippen LogP contribution < -0.4 is 11.1 Å². The van der Waals surface area contributed by atoms with E-state index in [1.165, 1.54) is 0 Å². The molecule has 0 aliphatic carbocycles. The number of nitrogen functional groups attached to an aromatic ring is 1. The minimum atomic E-state index is -0.191. The molecule has 0 spiro atoms. The third-order valence-corrected chi connectivity index (χ3v) is 2.24. The molecule has 16 heavy (non-hydrogen) atoms. The zero-order chi connectivity index (χ0) is 12.3. The molecule has 1 aromatic rings. The van der Waals surface area contributed by atoms with Crippen LogP contribution in [0.1, 0.15) is 38.1 Å². The smallest absolute Gasteiger partial charge is 0.179 e.